The van der Waals surface area contributed by atoms with Crippen LogP contribution in [-0.4, -0.2) is 29.7 Å². The van der Waals surface area contributed by atoms with Crippen molar-refractivity contribution >= 4 is 11.7 Å². The van der Waals surface area contributed by atoms with E-state index in [1.165, 1.54) is 12.1 Å². The van der Waals surface area contributed by atoms with E-state index in [1.807, 2.05) is 13.8 Å². The molecule has 1 aliphatic rings. The van der Waals surface area contributed by atoms with Gasteiger partial charge in [0.1, 0.15) is 5.82 Å². The van der Waals surface area contributed by atoms with Gasteiger partial charge in [0.15, 0.2) is 5.78 Å². The second kappa shape index (κ2) is 5.11. The smallest absolute Gasteiger partial charge is 0.227 e. The SMILES string of the molecule is CC1(C)CCN(C(=O)Cc2ccc(F)cc2)CC1=O. The van der Waals surface area contributed by atoms with Crippen LogP contribution in [0.5, 0.6) is 0 Å². The number of piperidine rings is 1. The lowest BCUT2D eigenvalue weighted by molar-refractivity contribution is -0.142. The summed E-state index contributed by atoms with van der Waals surface area (Å²) in [5.74, 6) is -0.284. The number of Topliss-reactive ketones (excluding diaryl/α,β-unsaturated/α-hetero) is 1. The van der Waals surface area contributed by atoms with Crippen LogP contribution < -0.4 is 0 Å². The first-order chi connectivity index (χ1) is 8.88. The van der Waals surface area contributed by atoms with Crippen LogP contribution in [0.2, 0.25) is 0 Å². The summed E-state index contributed by atoms with van der Waals surface area (Å²) in [6.45, 7) is 4.63. The van der Waals surface area contributed by atoms with Gasteiger partial charge in [-0.3, -0.25) is 9.59 Å². The summed E-state index contributed by atoms with van der Waals surface area (Å²) in [7, 11) is 0. The first-order valence-electron chi connectivity index (χ1n) is 6.44. The number of rotatable bonds is 2. The van der Waals surface area contributed by atoms with Gasteiger partial charge in [0, 0.05) is 12.0 Å². The number of carbonyl (C=O) groups is 2. The number of likely N-dealkylation sites (tertiary alicyclic amines) is 1. The molecule has 1 saturated heterocycles. The molecular weight excluding hydrogens is 245 g/mol. The topological polar surface area (TPSA) is 37.4 Å². The summed E-state index contributed by atoms with van der Waals surface area (Å²) in [5.41, 5.74) is 0.441. The molecule has 3 nitrogen and oxygen atoms in total. The van der Waals surface area contributed by atoms with Crippen LogP contribution in [0, 0.1) is 11.2 Å². The molecule has 0 N–H and O–H groups in total. The van der Waals surface area contributed by atoms with Crippen molar-refractivity contribution in [2.75, 3.05) is 13.1 Å². The molecule has 2 rings (SSSR count). The predicted octanol–water partition coefficient (Wildman–Crippen LogP) is 2.20. The number of nitrogens with zero attached hydrogens (tertiary/aromatic N) is 1. The number of halogens is 1. The zero-order valence-corrected chi connectivity index (χ0v) is 11.3. The molecule has 1 aromatic rings. The molecule has 0 saturated carbocycles. The molecule has 1 aliphatic heterocycles. The van der Waals surface area contributed by atoms with Crippen molar-refractivity contribution in [1.29, 1.82) is 0 Å². The fraction of sp³-hybridized carbons (Fsp3) is 0.467. The maximum absolute atomic E-state index is 12.8. The average Bonchev–Trinajstić information content (AvgIpc) is 2.35. The Morgan fingerprint density at radius 2 is 1.95 bits per heavy atom. The van der Waals surface area contributed by atoms with Gasteiger partial charge >= 0.3 is 0 Å². The lowest BCUT2D eigenvalue weighted by Gasteiger charge is -2.35. The molecule has 1 aromatic carbocycles. The second-order valence-electron chi connectivity index (χ2n) is 5.68. The summed E-state index contributed by atoms with van der Waals surface area (Å²) in [6.07, 6.45) is 0.912. The Kier molecular flexibility index (Phi) is 3.69. The van der Waals surface area contributed by atoms with Crippen molar-refractivity contribution in [2.24, 2.45) is 5.41 Å². The Hall–Kier alpha value is -1.71. The van der Waals surface area contributed by atoms with Crippen LogP contribution in [0.25, 0.3) is 0 Å². The van der Waals surface area contributed by atoms with E-state index >= 15 is 0 Å². The minimum Gasteiger partial charge on any atom is -0.335 e. The highest BCUT2D eigenvalue weighted by atomic mass is 19.1. The lowest BCUT2D eigenvalue weighted by atomic mass is 9.81. The van der Waals surface area contributed by atoms with Crippen LogP contribution >= 0.6 is 0 Å². The maximum atomic E-state index is 12.8. The van der Waals surface area contributed by atoms with Gasteiger partial charge < -0.3 is 4.90 Å². The fourth-order valence-electron chi connectivity index (χ4n) is 2.12. The maximum Gasteiger partial charge on any atom is 0.227 e. The average molecular weight is 263 g/mol. The molecular formula is C15H18FNO2. The van der Waals surface area contributed by atoms with E-state index in [4.69, 9.17) is 0 Å². The summed E-state index contributed by atoms with van der Waals surface area (Å²) in [4.78, 5) is 25.6. The molecule has 0 radical (unpaired) electrons. The molecule has 1 amide bonds. The largest absolute Gasteiger partial charge is 0.335 e. The van der Waals surface area contributed by atoms with E-state index in [9.17, 15) is 14.0 Å². The number of ketones is 1. The van der Waals surface area contributed by atoms with E-state index < -0.39 is 0 Å². The van der Waals surface area contributed by atoms with E-state index in [-0.39, 0.29) is 35.9 Å². The molecule has 0 atom stereocenters. The molecule has 4 heteroatoms. The highest BCUT2D eigenvalue weighted by molar-refractivity contribution is 5.91. The van der Waals surface area contributed by atoms with Gasteiger partial charge in [-0.2, -0.15) is 0 Å². The van der Waals surface area contributed by atoms with Crippen LogP contribution in [0.15, 0.2) is 24.3 Å². The Morgan fingerprint density at radius 1 is 1.32 bits per heavy atom. The summed E-state index contributed by atoms with van der Waals surface area (Å²) in [6, 6.07) is 5.88. The van der Waals surface area contributed by atoms with Crippen molar-refractivity contribution in [3.05, 3.63) is 35.6 Å². The summed E-state index contributed by atoms with van der Waals surface area (Å²) >= 11 is 0. The van der Waals surface area contributed by atoms with Gasteiger partial charge in [0.05, 0.1) is 13.0 Å². The highest BCUT2D eigenvalue weighted by Crippen LogP contribution is 2.27. The normalized spacial score (nSPS) is 18.5. The van der Waals surface area contributed by atoms with E-state index in [2.05, 4.69) is 0 Å². The molecule has 0 unspecified atom stereocenters. The Balaban J connectivity index is 1.98. The monoisotopic (exact) mass is 263 g/mol. The van der Waals surface area contributed by atoms with Crippen molar-refractivity contribution in [3.63, 3.8) is 0 Å². The standard InChI is InChI=1S/C15H18FNO2/c1-15(2)7-8-17(10-13(15)18)14(19)9-11-3-5-12(16)6-4-11/h3-6H,7-10H2,1-2H3. The van der Waals surface area contributed by atoms with Crippen LogP contribution in [0.1, 0.15) is 25.8 Å². The molecule has 102 valence electrons. The van der Waals surface area contributed by atoms with Crippen molar-refractivity contribution in [2.45, 2.75) is 26.7 Å². The van der Waals surface area contributed by atoms with Gasteiger partial charge in [-0.1, -0.05) is 26.0 Å². The Labute approximate surface area is 112 Å². The first kappa shape index (κ1) is 13.7. The number of amides is 1. The van der Waals surface area contributed by atoms with Crippen LogP contribution in [0.4, 0.5) is 4.39 Å². The number of hydrogen-bond acceptors (Lipinski definition) is 2. The van der Waals surface area contributed by atoms with Gasteiger partial charge in [0.25, 0.3) is 0 Å². The predicted molar refractivity (Wildman–Crippen MR) is 70.1 cm³/mol. The zero-order valence-electron chi connectivity index (χ0n) is 11.3. The minimum absolute atomic E-state index is 0.0736. The number of carbonyl (C=O) groups excluding carboxylic acids is 2. The number of benzene rings is 1. The van der Waals surface area contributed by atoms with E-state index in [1.54, 1.807) is 17.0 Å². The molecule has 0 spiro atoms. The summed E-state index contributed by atoms with van der Waals surface area (Å²) in [5, 5.41) is 0. The third-order valence-electron chi connectivity index (χ3n) is 3.72. The van der Waals surface area contributed by atoms with Gasteiger partial charge in [-0.15, -0.1) is 0 Å². The van der Waals surface area contributed by atoms with Gasteiger partial charge in [0.2, 0.25) is 5.91 Å². The third kappa shape index (κ3) is 3.19. The molecule has 0 aliphatic carbocycles. The van der Waals surface area contributed by atoms with Gasteiger partial charge in [-0.05, 0) is 24.1 Å². The second-order valence-corrected chi connectivity index (χ2v) is 5.68. The Bertz CT molecular complexity index is 493. The number of hydrogen-bond donors (Lipinski definition) is 0. The summed E-state index contributed by atoms with van der Waals surface area (Å²) < 4.78 is 12.8. The fourth-order valence-corrected chi connectivity index (χ4v) is 2.12. The van der Waals surface area contributed by atoms with Crippen molar-refractivity contribution < 1.29 is 14.0 Å². The van der Waals surface area contributed by atoms with Crippen LogP contribution in [-0.2, 0) is 16.0 Å². The van der Waals surface area contributed by atoms with Crippen LogP contribution in [0.3, 0.4) is 0 Å². The first-order valence-corrected chi connectivity index (χ1v) is 6.44. The molecule has 0 bridgehead atoms. The van der Waals surface area contributed by atoms with Gasteiger partial charge in [-0.25, -0.2) is 4.39 Å². The molecule has 0 aromatic heterocycles. The molecule has 1 fully saturated rings. The molecule has 1 heterocycles. The Morgan fingerprint density at radius 3 is 2.53 bits per heavy atom. The quantitative estimate of drug-likeness (QED) is 0.820. The van der Waals surface area contributed by atoms with E-state index in [0.717, 1.165) is 5.56 Å². The third-order valence-corrected chi connectivity index (χ3v) is 3.72. The zero-order chi connectivity index (χ0) is 14.0. The van der Waals surface area contributed by atoms with Crippen molar-refractivity contribution in [3.8, 4) is 0 Å². The van der Waals surface area contributed by atoms with E-state index in [0.29, 0.717) is 13.0 Å². The molecule has 19 heavy (non-hydrogen) atoms. The lowest BCUT2D eigenvalue weighted by Crippen LogP contribution is -2.48. The van der Waals surface area contributed by atoms with Crippen molar-refractivity contribution in [1.82, 2.24) is 4.90 Å². The highest BCUT2D eigenvalue weighted by Gasteiger charge is 2.35. The minimum atomic E-state index is -0.327.